The van der Waals surface area contributed by atoms with Crippen LogP contribution in [0.25, 0.3) is 5.52 Å². The molecule has 150 valence electrons. The molecule has 0 spiro atoms. The van der Waals surface area contributed by atoms with Crippen LogP contribution in [0, 0.1) is 5.82 Å². The number of aromatic nitrogens is 2. The fourth-order valence-electron chi connectivity index (χ4n) is 2.32. The fraction of sp³-hybridized carbons (Fsp3) is 0.133. The van der Waals surface area contributed by atoms with Crippen molar-refractivity contribution in [2.45, 2.75) is 11.1 Å². The van der Waals surface area contributed by atoms with E-state index < -0.39 is 51.0 Å². The van der Waals surface area contributed by atoms with Crippen LogP contribution in [0.4, 0.5) is 23.2 Å². The quantitative estimate of drug-likeness (QED) is 0.455. The van der Waals surface area contributed by atoms with Gasteiger partial charge in [0, 0.05) is 6.07 Å². The first-order chi connectivity index (χ1) is 14.1. The number of halogens is 6. The maximum Gasteiger partial charge on any atom is 0.419 e. The van der Waals surface area contributed by atoms with Crippen molar-refractivity contribution in [3.05, 3.63) is 52.0 Å². The molecule has 0 aliphatic carbocycles. The number of hydrogen-bond donors (Lipinski definition) is 1. The van der Waals surface area contributed by atoms with Crippen LogP contribution in [0.15, 0.2) is 35.4 Å². The predicted molar refractivity (Wildman–Crippen MR) is 94.0 cm³/mol. The normalized spacial score (nSPS) is 14.4. The lowest BCUT2D eigenvalue weighted by Crippen LogP contribution is -2.15. The highest BCUT2D eigenvalue weighted by atomic mass is 35.5. The van der Waals surface area contributed by atoms with Crippen molar-refractivity contribution in [1.82, 2.24) is 9.61 Å². The van der Waals surface area contributed by atoms with E-state index in [-0.39, 0.29) is 27.8 Å². The number of pyridine rings is 1. The van der Waals surface area contributed by atoms with E-state index in [0.29, 0.717) is 0 Å². The Bertz CT molecular complexity index is 1280. The minimum atomic E-state index is -5.19. The Morgan fingerprint density at radius 2 is 2.00 bits per heavy atom. The number of hydrogen-bond acceptors (Lipinski definition) is 4. The molecule has 0 amide bonds. The monoisotopic (exact) mass is 460 g/mol. The topological polar surface area (TPSA) is 72.7 Å². The number of rotatable bonds is 4. The molecule has 0 fully saturated rings. The van der Waals surface area contributed by atoms with E-state index in [2.05, 4.69) is 9.84 Å². The van der Waals surface area contributed by atoms with Gasteiger partial charge in [0.1, 0.15) is 21.6 Å². The van der Waals surface area contributed by atoms with Gasteiger partial charge in [0.2, 0.25) is 0 Å². The van der Waals surface area contributed by atoms with Crippen LogP contribution in [-0.2, 0) is 16.2 Å². The van der Waals surface area contributed by atoms with Crippen molar-refractivity contribution in [1.29, 1.82) is 0 Å². The summed E-state index contributed by atoms with van der Waals surface area (Å²) in [6.07, 6.45) is -4.32. The molecule has 2 aromatic heterocycles. The molecule has 0 aliphatic heterocycles. The molecule has 3 rings (SSSR count). The number of alkyl halides is 3. The molecule has 0 aliphatic rings. The standard InChI is InChI=1S/C15H9Cl2F4N3O3S/c1-27-12-4-7(15(19,20)21)9(18)5-10(12)23-28(25,26)13-6-22-24-11(13)3-2-8(16)14(24)17/h2-6,23H,1H3/i1D3. The summed E-state index contributed by atoms with van der Waals surface area (Å²) < 4.78 is 107. The van der Waals surface area contributed by atoms with Crippen molar-refractivity contribution >= 4 is 44.4 Å². The molecule has 6 nitrogen and oxygen atoms in total. The molecule has 0 saturated heterocycles. The lowest BCUT2D eigenvalue weighted by Gasteiger charge is -2.15. The van der Waals surface area contributed by atoms with Gasteiger partial charge in [-0.1, -0.05) is 23.2 Å². The molecule has 13 heteroatoms. The van der Waals surface area contributed by atoms with Gasteiger partial charge in [-0.3, -0.25) is 4.72 Å². The summed E-state index contributed by atoms with van der Waals surface area (Å²) in [7, 11) is -7.87. The molecular formula is C15H9Cl2F4N3O3S. The lowest BCUT2D eigenvalue weighted by atomic mass is 10.1. The van der Waals surface area contributed by atoms with Crippen molar-refractivity contribution in [2.24, 2.45) is 0 Å². The zero-order chi connectivity index (χ0) is 23.4. The molecular weight excluding hydrogens is 449 g/mol. The molecule has 0 bridgehead atoms. The number of fused-ring (bicyclic) bond motifs is 1. The summed E-state index contributed by atoms with van der Waals surface area (Å²) >= 11 is 11.8. The van der Waals surface area contributed by atoms with E-state index in [0.717, 1.165) is 10.7 Å². The van der Waals surface area contributed by atoms with Crippen LogP contribution in [0.5, 0.6) is 5.75 Å². The van der Waals surface area contributed by atoms with Crippen LogP contribution < -0.4 is 9.46 Å². The van der Waals surface area contributed by atoms with Crippen molar-refractivity contribution in [2.75, 3.05) is 11.8 Å². The van der Waals surface area contributed by atoms with Crippen LogP contribution in [-0.4, -0.2) is 25.1 Å². The highest BCUT2D eigenvalue weighted by Gasteiger charge is 2.36. The molecule has 0 radical (unpaired) electrons. The fourth-order valence-corrected chi connectivity index (χ4v) is 3.83. The summed E-state index contributed by atoms with van der Waals surface area (Å²) in [6.45, 7) is 0. The van der Waals surface area contributed by atoms with Crippen molar-refractivity contribution < 1.29 is 34.8 Å². The average Bonchev–Trinajstić information content (AvgIpc) is 3.03. The molecule has 3 aromatic rings. The number of ether oxygens (including phenoxy) is 1. The van der Waals surface area contributed by atoms with Crippen molar-refractivity contribution in [3.63, 3.8) is 0 Å². The third-order valence-electron chi connectivity index (χ3n) is 3.56. The van der Waals surface area contributed by atoms with Crippen molar-refractivity contribution in [3.8, 4) is 5.75 Å². The second kappa shape index (κ2) is 6.98. The van der Waals surface area contributed by atoms with Crippen LogP contribution in [0.1, 0.15) is 9.68 Å². The number of benzene rings is 1. The number of nitrogens with zero attached hydrogens (tertiary/aromatic N) is 2. The zero-order valence-corrected chi connectivity index (χ0v) is 15.5. The van der Waals surface area contributed by atoms with E-state index in [1.165, 1.54) is 12.1 Å². The summed E-state index contributed by atoms with van der Waals surface area (Å²) in [5.74, 6) is -2.91. The third-order valence-corrected chi connectivity index (χ3v) is 5.71. The van der Waals surface area contributed by atoms with Crippen LogP contribution >= 0.6 is 23.2 Å². The Morgan fingerprint density at radius 1 is 1.29 bits per heavy atom. The van der Waals surface area contributed by atoms with Gasteiger partial charge in [-0.15, -0.1) is 0 Å². The first-order valence-electron chi connectivity index (χ1n) is 8.54. The maximum atomic E-state index is 14.0. The molecule has 0 unspecified atom stereocenters. The lowest BCUT2D eigenvalue weighted by molar-refractivity contribution is -0.140. The highest BCUT2D eigenvalue weighted by molar-refractivity contribution is 7.93. The van der Waals surface area contributed by atoms with Gasteiger partial charge in [-0.2, -0.15) is 18.3 Å². The molecule has 28 heavy (non-hydrogen) atoms. The van der Waals surface area contributed by atoms with Gasteiger partial charge in [0.25, 0.3) is 10.0 Å². The Labute approximate surface area is 169 Å². The molecule has 0 atom stereocenters. The summed E-state index contributed by atoms with van der Waals surface area (Å²) in [5, 5.41) is 3.71. The van der Waals surface area contributed by atoms with Gasteiger partial charge < -0.3 is 4.74 Å². The van der Waals surface area contributed by atoms with E-state index in [1.54, 1.807) is 0 Å². The number of nitrogens with one attached hydrogen (secondary N) is 1. The second-order valence-electron chi connectivity index (χ2n) is 5.31. The smallest absolute Gasteiger partial charge is 0.419 e. The predicted octanol–water partition coefficient (Wildman–Crippen LogP) is 4.61. The van der Waals surface area contributed by atoms with E-state index in [4.69, 9.17) is 27.3 Å². The van der Waals surface area contributed by atoms with Gasteiger partial charge in [-0.05, 0) is 18.2 Å². The molecule has 0 saturated carbocycles. The molecule has 2 heterocycles. The maximum absolute atomic E-state index is 14.0. The van der Waals surface area contributed by atoms with Gasteiger partial charge in [0.15, 0.2) is 0 Å². The average molecular weight is 461 g/mol. The Hall–Kier alpha value is -2.24. The van der Waals surface area contributed by atoms with Gasteiger partial charge in [-0.25, -0.2) is 17.3 Å². The Morgan fingerprint density at radius 3 is 2.64 bits per heavy atom. The first kappa shape index (κ1) is 16.7. The van der Waals surface area contributed by atoms with Crippen LogP contribution in [0.3, 0.4) is 0 Å². The third kappa shape index (κ3) is 3.56. The first-order valence-corrected chi connectivity index (χ1v) is 9.28. The highest BCUT2D eigenvalue weighted by Crippen LogP contribution is 2.38. The van der Waals surface area contributed by atoms with E-state index >= 15 is 0 Å². The van der Waals surface area contributed by atoms with Crippen LogP contribution in [0.2, 0.25) is 10.2 Å². The summed E-state index contributed by atoms with van der Waals surface area (Å²) in [5.41, 5.74) is -2.78. The van der Waals surface area contributed by atoms with E-state index in [1.807, 2.05) is 4.72 Å². The van der Waals surface area contributed by atoms with Gasteiger partial charge >= 0.3 is 6.18 Å². The van der Waals surface area contributed by atoms with E-state index in [9.17, 15) is 26.0 Å². The number of anilines is 1. The number of methoxy groups -OCH3 is 1. The zero-order valence-electron chi connectivity index (χ0n) is 16.2. The summed E-state index contributed by atoms with van der Waals surface area (Å²) in [4.78, 5) is -0.494. The van der Waals surface area contributed by atoms with Gasteiger partial charge in [0.05, 0.1) is 39.1 Å². The largest absolute Gasteiger partial charge is 0.495 e. The minimum Gasteiger partial charge on any atom is -0.495 e. The SMILES string of the molecule is [2H]C([2H])([2H])Oc1cc(C(F)(F)F)c(F)cc1NS(=O)(=O)c1cnn2c(Cl)c(Cl)ccc12. The number of sulfonamides is 1. The Kier molecular flexibility index (Phi) is 4.16. The summed E-state index contributed by atoms with van der Waals surface area (Å²) in [6, 6.07) is 2.74. The molecule has 1 aromatic carbocycles. The molecule has 1 N–H and O–H groups in total. The minimum absolute atomic E-state index is 0.0479. The second-order valence-corrected chi connectivity index (χ2v) is 7.73. The Balaban J connectivity index is 2.13.